The summed E-state index contributed by atoms with van der Waals surface area (Å²) in [5.41, 5.74) is 4.11. The van der Waals surface area contributed by atoms with Crippen molar-refractivity contribution in [3.8, 4) is 17.3 Å². The van der Waals surface area contributed by atoms with Crippen LogP contribution in [0.3, 0.4) is 0 Å². The minimum absolute atomic E-state index is 0.209. The van der Waals surface area contributed by atoms with E-state index < -0.39 is 5.97 Å². The van der Waals surface area contributed by atoms with Gasteiger partial charge in [-0.2, -0.15) is 5.26 Å². The summed E-state index contributed by atoms with van der Waals surface area (Å²) in [6.07, 6.45) is 1.69. The third-order valence-corrected chi connectivity index (χ3v) is 5.24. The molecule has 1 N–H and O–H groups in total. The van der Waals surface area contributed by atoms with Crippen LogP contribution in [0, 0.1) is 18.3 Å². The maximum atomic E-state index is 11.7. The Labute approximate surface area is 178 Å². The Balaban J connectivity index is 2.01. The van der Waals surface area contributed by atoms with Crippen molar-refractivity contribution in [2.75, 3.05) is 12.4 Å². The van der Waals surface area contributed by atoms with Crippen LogP contribution in [0.2, 0.25) is 0 Å². The summed E-state index contributed by atoms with van der Waals surface area (Å²) >= 11 is 1.24. The third-order valence-electron chi connectivity index (χ3n) is 4.24. The SMILES string of the molecule is COC(=O)c1ccc(C=C(C#N)c2nc(-c3ccc(C)cc3)c(NC(C)=O)s2)cc1. The molecule has 0 saturated carbocycles. The number of nitriles is 1. The van der Waals surface area contributed by atoms with E-state index in [1.807, 2.05) is 31.2 Å². The molecule has 1 aromatic heterocycles. The number of aryl methyl sites for hydroxylation is 1. The lowest BCUT2D eigenvalue weighted by atomic mass is 10.1. The summed E-state index contributed by atoms with van der Waals surface area (Å²) < 4.78 is 4.70. The van der Waals surface area contributed by atoms with Crippen molar-refractivity contribution in [2.24, 2.45) is 0 Å². The van der Waals surface area contributed by atoms with Crippen LogP contribution in [0.1, 0.15) is 33.4 Å². The fourth-order valence-corrected chi connectivity index (χ4v) is 3.73. The third kappa shape index (κ3) is 4.80. The monoisotopic (exact) mass is 417 g/mol. The Bertz CT molecular complexity index is 1150. The number of nitrogens with zero attached hydrogens (tertiary/aromatic N) is 2. The number of rotatable bonds is 5. The zero-order valence-electron chi connectivity index (χ0n) is 16.7. The van der Waals surface area contributed by atoms with Crippen molar-refractivity contribution >= 4 is 39.9 Å². The lowest BCUT2D eigenvalue weighted by molar-refractivity contribution is -0.114. The van der Waals surface area contributed by atoms with Crippen LogP contribution in [0.4, 0.5) is 5.00 Å². The van der Waals surface area contributed by atoms with E-state index in [0.717, 1.165) is 16.7 Å². The summed E-state index contributed by atoms with van der Waals surface area (Å²) in [6, 6.07) is 16.7. The van der Waals surface area contributed by atoms with Gasteiger partial charge in [0.25, 0.3) is 0 Å². The number of thiazole rings is 1. The Morgan fingerprint density at radius 1 is 1.13 bits per heavy atom. The Hall–Kier alpha value is -3.76. The molecule has 0 unspecified atom stereocenters. The highest BCUT2D eigenvalue weighted by Crippen LogP contribution is 2.36. The van der Waals surface area contributed by atoms with E-state index in [1.54, 1.807) is 30.3 Å². The summed E-state index contributed by atoms with van der Waals surface area (Å²) in [7, 11) is 1.32. The van der Waals surface area contributed by atoms with Gasteiger partial charge in [-0.1, -0.05) is 53.3 Å². The van der Waals surface area contributed by atoms with E-state index in [2.05, 4.69) is 16.4 Å². The van der Waals surface area contributed by atoms with Gasteiger partial charge in [-0.15, -0.1) is 0 Å². The fourth-order valence-electron chi connectivity index (χ4n) is 2.73. The molecule has 3 aromatic rings. The van der Waals surface area contributed by atoms with Crippen LogP contribution in [0.5, 0.6) is 0 Å². The van der Waals surface area contributed by atoms with Gasteiger partial charge in [0, 0.05) is 12.5 Å². The number of ether oxygens (including phenoxy) is 1. The summed E-state index contributed by atoms with van der Waals surface area (Å²) in [4.78, 5) is 27.9. The van der Waals surface area contributed by atoms with Crippen LogP contribution in [-0.2, 0) is 9.53 Å². The zero-order valence-corrected chi connectivity index (χ0v) is 17.5. The molecule has 3 rings (SSSR count). The van der Waals surface area contributed by atoms with Gasteiger partial charge in [-0.05, 0) is 30.7 Å². The summed E-state index contributed by atoms with van der Waals surface area (Å²) in [5.74, 6) is -0.631. The van der Waals surface area contributed by atoms with Crippen LogP contribution >= 0.6 is 11.3 Å². The molecule has 2 aromatic carbocycles. The summed E-state index contributed by atoms with van der Waals surface area (Å²) in [6.45, 7) is 3.43. The first-order chi connectivity index (χ1) is 14.4. The highest BCUT2D eigenvalue weighted by molar-refractivity contribution is 7.17. The number of carbonyl (C=O) groups excluding carboxylic acids is 2. The van der Waals surface area contributed by atoms with Gasteiger partial charge in [-0.25, -0.2) is 9.78 Å². The normalized spacial score (nSPS) is 10.9. The number of amides is 1. The summed E-state index contributed by atoms with van der Waals surface area (Å²) in [5, 5.41) is 13.6. The number of aromatic nitrogens is 1. The first-order valence-corrected chi connectivity index (χ1v) is 9.89. The van der Waals surface area contributed by atoms with Crippen molar-refractivity contribution < 1.29 is 14.3 Å². The smallest absolute Gasteiger partial charge is 0.337 e. The second-order valence-electron chi connectivity index (χ2n) is 6.53. The molecule has 0 aliphatic heterocycles. The van der Waals surface area contributed by atoms with Crippen molar-refractivity contribution in [2.45, 2.75) is 13.8 Å². The molecular weight excluding hydrogens is 398 g/mol. The van der Waals surface area contributed by atoms with Gasteiger partial charge >= 0.3 is 5.97 Å². The number of hydrogen-bond acceptors (Lipinski definition) is 6. The van der Waals surface area contributed by atoms with Crippen molar-refractivity contribution in [3.05, 3.63) is 70.2 Å². The molecule has 0 fully saturated rings. The topological polar surface area (TPSA) is 92.1 Å². The highest BCUT2D eigenvalue weighted by Gasteiger charge is 2.17. The molecule has 7 heteroatoms. The molecule has 0 spiro atoms. The van der Waals surface area contributed by atoms with E-state index >= 15 is 0 Å². The molecule has 0 radical (unpaired) electrons. The first-order valence-electron chi connectivity index (χ1n) is 9.07. The first kappa shape index (κ1) is 21.0. The molecule has 0 aliphatic carbocycles. The standard InChI is InChI=1S/C23H19N3O3S/c1-14-4-8-17(9-5-14)20-22(25-15(2)27)30-21(26-20)19(13-24)12-16-6-10-18(11-7-16)23(28)29-3/h4-12H,1-3H3,(H,25,27). The molecule has 0 atom stereocenters. The largest absolute Gasteiger partial charge is 0.465 e. The molecule has 1 heterocycles. The van der Waals surface area contributed by atoms with Crippen LogP contribution < -0.4 is 5.32 Å². The molecule has 6 nitrogen and oxygen atoms in total. The molecule has 0 bridgehead atoms. The second-order valence-corrected chi connectivity index (χ2v) is 7.53. The van der Waals surface area contributed by atoms with Crippen LogP contribution in [-0.4, -0.2) is 24.0 Å². The van der Waals surface area contributed by atoms with Crippen LogP contribution in [0.15, 0.2) is 48.5 Å². The number of carbonyl (C=O) groups is 2. The Morgan fingerprint density at radius 2 is 1.80 bits per heavy atom. The highest BCUT2D eigenvalue weighted by atomic mass is 32.1. The predicted molar refractivity (Wildman–Crippen MR) is 118 cm³/mol. The zero-order chi connectivity index (χ0) is 21.7. The average Bonchev–Trinajstić information content (AvgIpc) is 3.15. The average molecular weight is 417 g/mol. The van der Waals surface area contributed by atoms with Gasteiger partial charge in [0.2, 0.25) is 5.91 Å². The maximum Gasteiger partial charge on any atom is 0.337 e. The van der Waals surface area contributed by atoms with Gasteiger partial charge in [-0.3, -0.25) is 4.79 Å². The number of esters is 1. The number of benzene rings is 2. The van der Waals surface area contributed by atoms with Gasteiger partial charge < -0.3 is 10.1 Å². The van der Waals surface area contributed by atoms with Crippen LogP contribution in [0.25, 0.3) is 22.9 Å². The lowest BCUT2D eigenvalue weighted by Crippen LogP contribution is -2.05. The van der Waals surface area contributed by atoms with E-state index in [-0.39, 0.29) is 5.91 Å². The van der Waals surface area contributed by atoms with E-state index in [4.69, 9.17) is 4.74 Å². The number of methoxy groups -OCH3 is 1. The molecule has 0 saturated heterocycles. The minimum atomic E-state index is -0.423. The molecular formula is C23H19N3O3S. The van der Waals surface area contributed by atoms with Crippen molar-refractivity contribution in [1.29, 1.82) is 5.26 Å². The number of anilines is 1. The molecule has 150 valence electrons. The van der Waals surface area contributed by atoms with E-state index in [9.17, 15) is 14.9 Å². The number of hydrogen-bond donors (Lipinski definition) is 1. The van der Waals surface area contributed by atoms with Gasteiger partial charge in [0.15, 0.2) is 0 Å². The number of nitrogens with one attached hydrogen (secondary N) is 1. The Morgan fingerprint density at radius 3 is 2.37 bits per heavy atom. The quantitative estimate of drug-likeness (QED) is 0.469. The fraction of sp³-hybridized carbons (Fsp3) is 0.130. The van der Waals surface area contributed by atoms with Gasteiger partial charge in [0.05, 0.1) is 18.2 Å². The molecule has 30 heavy (non-hydrogen) atoms. The van der Waals surface area contributed by atoms with Crippen molar-refractivity contribution in [3.63, 3.8) is 0 Å². The maximum absolute atomic E-state index is 11.7. The van der Waals surface area contributed by atoms with E-state index in [0.29, 0.717) is 26.8 Å². The van der Waals surface area contributed by atoms with E-state index in [1.165, 1.54) is 25.4 Å². The molecule has 1 amide bonds. The lowest BCUT2D eigenvalue weighted by Gasteiger charge is -2.03. The molecule has 0 aliphatic rings. The predicted octanol–water partition coefficient (Wildman–Crippen LogP) is 4.93. The second kappa shape index (κ2) is 9.16. The Kier molecular flexibility index (Phi) is 6.40. The van der Waals surface area contributed by atoms with Gasteiger partial charge in [0.1, 0.15) is 21.8 Å². The van der Waals surface area contributed by atoms with Crippen molar-refractivity contribution in [1.82, 2.24) is 4.98 Å². The number of allylic oxidation sites excluding steroid dienone is 1. The minimum Gasteiger partial charge on any atom is -0.465 e.